The molecule has 1 atom stereocenters. The zero-order chi connectivity index (χ0) is 16.9. The molecular formula is C14H22BrClN4O2. The van der Waals surface area contributed by atoms with E-state index in [2.05, 4.69) is 36.5 Å². The Labute approximate surface area is 144 Å². The van der Waals surface area contributed by atoms with Gasteiger partial charge in [0.25, 0.3) is 0 Å². The summed E-state index contributed by atoms with van der Waals surface area (Å²) in [6, 6.07) is -0.115. The van der Waals surface area contributed by atoms with Gasteiger partial charge in [0.05, 0.1) is 10.5 Å². The second-order valence-electron chi connectivity index (χ2n) is 6.21. The summed E-state index contributed by atoms with van der Waals surface area (Å²) in [5, 5.41) is 6.17. The molecule has 1 aromatic rings. The van der Waals surface area contributed by atoms with Crippen LogP contribution in [0.5, 0.6) is 0 Å². The van der Waals surface area contributed by atoms with Crippen LogP contribution in [0.3, 0.4) is 0 Å². The first-order valence-corrected chi connectivity index (χ1v) is 8.17. The van der Waals surface area contributed by atoms with E-state index in [1.165, 1.54) is 0 Å². The summed E-state index contributed by atoms with van der Waals surface area (Å²) >= 11 is 9.13. The average Bonchev–Trinajstić information content (AvgIpc) is 2.35. The first-order valence-electron chi connectivity index (χ1n) is 7.00. The monoisotopic (exact) mass is 392 g/mol. The smallest absolute Gasteiger partial charge is 0.407 e. The van der Waals surface area contributed by atoms with Crippen LogP contribution in [0, 0.1) is 5.92 Å². The molecule has 0 bridgehead atoms. The second-order valence-corrected chi connectivity index (χ2v) is 7.41. The van der Waals surface area contributed by atoms with E-state index in [1.54, 1.807) is 6.20 Å². The van der Waals surface area contributed by atoms with Crippen LogP contribution in [0.2, 0.25) is 5.28 Å². The van der Waals surface area contributed by atoms with Gasteiger partial charge < -0.3 is 15.4 Å². The van der Waals surface area contributed by atoms with Gasteiger partial charge in [-0.05, 0) is 54.2 Å². The third-order valence-corrected chi connectivity index (χ3v) is 3.47. The van der Waals surface area contributed by atoms with Crippen molar-refractivity contribution in [3.05, 3.63) is 16.0 Å². The SMILES string of the molecule is CC(C)[C@@H](CNc1nc(Cl)ncc1Br)NC(=O)OC(C)(C)C. The largest absolute Gasteiger partial charge is 0.444 e. The van der Waals surface area contributed by atoms with Gasteiger partial charge in [-0.3, -0.25) is 0 Å². The molecule has 0 radical (unpaired) electrons. The molecule has 124 valence electrons. The maximum atomic E-state index is 11.9. The fourth-order valence-corrected chi connectivity index (χ4v) is 2.05. The Bertz CT molecular complexity index is 520. The molecule has 6 nitrogen and oxygen atoms in total. The van der Waals surface area contributed by atoms with Crippen molar-refractivity contribution in [1.82, 2.24) is 15.3 Å². The van der Waals surface area contributed by atoms with Crippen molar-refractivity contribution in [3.8, 4) is 0 Å². The third kappa shape index (κ3) is 6.79. The summed E-state index contributed by atoms with van der Waals surface area (Å²) in [5.41, 5.74) is -0.526. The number of halogens is 2. The summed E-state index contributed by atoms with van der Waals surface area (Å²) < 4.78 is 5.98. The van der Waals surface area contributed by atoms with Gasteiger partial charge in [-0.25, -0.2) is 9.78 Å². The lowest BCUT2D eigenvalue weighted by atomic mass is 10.0. The molecule has 1 aromatic heterocycles. The highest BCUT2D eigenvalue weighted by atomic mass is 79.9. The second kappa shape index (κ2) is 7.97. The molecule has 0 aliphatic rings. The molecule has 0 aliphatic heterocycles. The molecule has 22 heavy (non-hydrogen) atoms. The molecule has 0 saturated carbocycles. The molecular weight excluding hydrogens is 372 g/mol. The van der Waals surface area contributed by atoms with Crippen molar-refractivity contribution in [2.45, 2.75) is 46.3 Å². The number of aromatic nitrogens is 2. The van der Waals surface area contributed by atoms with Crippen LogP contribution in [0.4, 0.5) is 10.6 Å². The van der Waals surface area contributed by atoms with Crippen LogP contribution < -0.4 is 10.6 Å². The summed E-state index contributed by atoms with van der Waals surface area (Å²) in [4.78, 5) is 19.9. The van der Waals surface area contributed by atoms with E-state index in [-0.39, 0.29) is 17.2 Å². The Hall–Kier alpha value is -1.08. The van der Waals surface area contributed by atoms with E-state index in [0.717, 1.165) is 0 Å². The Morgan fingerprint density at radius 1 is 1.45 bits per heavy atom. The highest BCUT2D eigenvalue weighted by Crippen LogP contribution is 2.20. The summed E-state index contributed by atoms with van der Waals surface area (Å²) in [5.74, 6) is 0.799. The predicted octanol–water partition coefficient (Wildman–Crippen LogP) is 3.85. The van der Waals surface area contributed by atoms with E-state index in [9.17, 15) is 4.79 Å². The number of ether oxygens (including phenoxy) is 1. The van der Waals surface area contributed by atoms with Gasteiger partial charge in [0.1, 0.15) is 11.4 Å². The number of nitrogens with zero attached hydrogens (tertiary/aromatic N) is 2. The van der Waals surface area contributed by atoms with Gasteiger partial charge in [-0.15, -0.1) is 0 Å². The molecule has 0 unspecified atom stereocenters. The van der Waals surface area contributed by atoms with Crippen molar-refractivity contribution in [3.63, 3.8) is 0 Å². The molecule has 1 rings (SSSR count). The maximum Gasteiger partial charge on any atom is 0.407 e. The molecule has 0 saturated heterocycles. The lowest BCUT2D eigenvalue weighted by molar-refractivity contribution is 0.0494. The minimum atomic E-state index is -0.526. The summed E-state index contributed by atoms with van der Waals surface area (Å²) in [6.07, 6.45) is 1.14. The molecule has 0 aromatic carbocycles. The molecule has 1 heterocycles. The summed E-state index contributed by atoms with van der Waals surface area (Å²) in [7, 11) is 0. The number of carbonyl (C=O) groups excluding carboxylic acids is 1. The lowest BCUT2D eigenvalue weighted by Gasteiger charge is -2.26. The number of anilines is 1. The van der Waals surface area contributed by atoms with Crippen LogP contribution in [0.1, 0.15) is 34.6 Å². The van der Waals surface area contributed by atoms with Gasteiger partial charge in [-0.1, -0.05) is 13.8 Å². The lowest BCUT2D eigenvalue weighted by Crippen LogP contribution is -2.45. The Balaban J connectivity index is 2.65. The van der Waals surface area contributed by atoms with Crippen LogP contribution >= 0.6 is 27.5 Å². The normalized spacial score (nSPS) is 12.9. The fourth-order valence-electron chi connectivity index (χ4n) is 1.59. The van der Waals surface area contributed by atoms with E-state index >= 15 is 0 Å². The van der Waals surface area contributed by atoms with Gasteiger partial charge >= 0.3 is 6.09 Å². The van der Waals surface area contributed by atoms with E-state index < -0.39 is 11.7 Å². The molecule has 0 spiro atoms. The molecule has 0 aliphatic carbocycles. The minimum absolute atomic E-state index is 0.115. The van der Waals surface area contributed by atoms with E-state index in [4.69, 9.17) is 16.3 Å². The summed E-state index contributed by atoms with van der Waals surface area (Å²) in [6.45, 7) is 10.0. The van der Waals surface area contributed by atoms with Gasteiger partial charge in [0.2, 0.25) is 5.28 Å². The molecule has 2 N–H and O–H groups in total. The first kappa shape index (κ1) is 19.0. The Morgan fingerprint density at radius 3 is 2.64 bits per heavy atom. The number of hydrogen-bond acceptors (Lipinski definition) is 5. The fraction of sp³-hybridized carbons (Fsp3) is 0.643. The number of nitrogens with one attached hydrogen (secondary N) is 2. The van der Waals surface area contributed by atoms with Gasteiger partial charge in [0, 0.05) is 12.7 Å². The number of carbonyl (C=O) groups is 1. The number of hydrogen-bond donors (Lipinski definition) is 2. The standard InChI is InChI=1S/C14H22BrClN4O2/c1-8(2)10(19-13(21)22-14(3,4)5)7-17-11-9(15)6-18-12(16)20-11/h6,8,10H,7H2,1-5H3,(H,19,21)(H,17,18,20)/t10-/m1/s1. The van der Waals surface area contributed by atoms with Crippen molar-refractivity contribution >= 4 is 39.4 Å². The van der Waals surface area contributed by atoms with E-state index in [0.29, 0.717) is 16.8 Å². The van der Waals surface area contributed by atoms with E-state index in [1.807, 2.05) is 34.6 Å². The van der Waals surface area contributed by atoms with Crippen LogP contribution in [-0.4, -0.2) is 34.2 Å². The highest BCUT2D eigenvalue weighted by molar-refractivity contribution is 9.10. The van der Waals surface area contributed by atoms with Crippen molar-refractivity contribution in [1.29, 1.82) is 0 Å². The highest BCUT2D eigenvalue weighted by Gasteiger charge is 2.21. The van der Waals surface area contributed by atoms with Crippen LogP contribution in [0.15, 0.2) is 10.7 Å². The van der Waals surface area contributed by atoms with Gasteiger partial charge in [-0.2, -0.15) is 4.98 Å². The zero-order valence-corrected chi connectivity index (χ0v) is 15.7. The molecule has 8 heteroatoms. The van der Waals surface area contributed by atoms with Crippen LogP contribution in [-0.2, 0) is 4.74 Å². The maximum absolute atomic E-state index is 11.9. The first-order chi connectivity index (χ1) is 10.1. The van der Waals surface area contributed by atoms with Crippen molar-refractivity contribution in [2.24, 2.45) is 5.92 Å². The Morgan fingerprint density at radius 2 is 2.09 bits per heavy atom. The molecule has 1 amide bonds. The number of rotatable bonds is 5. The van der Waals surface area contributed by atoms with Gasteiger partial charge in [0.15, 0.2) is 0 Å². The minimum Gasteiger partial charge on any atom is -0.444 e. The number of alkyl carbamates (subject to hydrolysis) is 1. The average molecular weight is 394 g/mol. The number of amides is 1. The Kier molecular flexibility index (Phi) is 6.87. The van der Waals surface area contributed by atoms with Crippen molar-refractivity contribution in [2.75, 3.05) is 11.9 Å². The quantitative estimate of drug-likeness (QED) is 0.743. The zero-order valence-electron chi connectivity index (χ0n) is 13.4. The molecule has 0 fully saturated rings. The predicted molar refractivity (Wildman–Crippen MR) is 91.2 cm³/mol. The van der Waals surface area contributed by atoms with Crippen LogP contribution in [0.25, 0.3) is 0 Å². The third-order valence-electron chi connectivity index (χ3n) is 2.71. The van der Waals surface area contributed by atoms with Crippen molar-refractivity contribution < 1.29 is 9.53 Å². The topological polar surface area (TPSA) is 76.1 Å².